The van der Waals surface area contributed by atoms with E-state index in [1.54, 1.807) is 0 Å². The zero-order chi connectivity index (χ0) is 11.4. The molecule has 1 aromatic rings. The predicted molar refractivity (Wildman–Crippen MR) is 44.9 cm³/mol. The molecule has 0 spiro atoms. The van der Waals surface area contributed by atoms with Gasteiger partial charge in [0.2, 0.25) is 0 Å². The Morgan fingerprint density at radius 1 is 1.60 bits per heavy atom. The van der Waals surface area contributed by atoms with Crippen molar-refractivity contribution >= 4 is 5.97 Å². The summed E-state index contributed by atoms with van der Waals surface area (Å²) in [5.41, 5.74) is -0.715. The fourth-order valence-corrected chi connectivity index (χ4v) is 0.984. The number of carbonyl (C=O) groups is 1. The fraction of sp³-hybridized carbons (Fsp3) is 0.333. The van der Waals surface area contributed by atoms with Crippen molar-refractivity contribution < 1.29 is 22.7 Å². The van der Waals surface area contributed by atoms with E-state index in [4.69, 9.17) is 0 Å². The second-order valence-electron chi connectivity index (χ2n) is 2.76. The van der Waals surface area contributed by atoms with Gasteiger partial charge in [-0.05, 0) is 11.6 Å². The van der Waals surface area contributed by atoms with E-state index in [-0.39, 0.29) is 12.0 Å². The molecule has 1 heterocycles. The van der Waals surface area contributed by atoms with Crippen LogP contribution >= 0.6 is 0 Å². The Bertz CT molecular complexity index is 368. The molecule has 3 nitrogen and oxygen atoms in total. The summed E-state index contributed by atoms with van der Waals surface area (Å²) in [6, 6.07) is 0.853. The third kappa shape index (κ3) is 2.93. The van der Waals surface area contributed by atoms with Crippen LogP contribution in [0.3, 0.4) is 0 Å². The van der Waals surface area contributed by atoms with E-state index < -0.39 is 23.9 Å². The molecule has 0 aliphatic heterocycles. The van der Waals surface area contributed by atoms with E-state index in [2.05, 4.69) is 9.72 Å². The third-order valence-electron chi connectivity index (χ3n) is 1.71. The van der Waals surface area contributed by atoms with Crippen LogP contribution < -0.4 is 0 Å². The van der Waals surface area contributed by atoms with Crippen LogP contribution in [0.25, 0.3) is 0 Å². The largest absolute Gasteiger partial charge is 0.469 e. The standard InChI is InChI=1S/C9H8F3NO2/c1-15-7(14)3-5-2-6(10)8(9(11)12)13-4-5/h2,4,9H,3H2,1H3. The number of alkyl halides is 2. The van der Waals surface area contributed by atoms with Crippen molar-refractivity contribution in [1.82, 2.24) is 4.98 Å². The molecule has 0 fully saturated rings. The van der Waals surface area contributed by atoms with Crippen molar-refractivity contribution in [3.8, 4) is 0 Å². The number of ether oxygens (including phenoxy) is 1. The first-order valence-electron chi connectivity index (χ1n) is 4.04. The Kier molecular flexibility index (Phi) is 3.65. The molecule has 0 bridgehead atoms. The zero-order valence-electron chi connectivity index (χ0n) is 7.84. The van der Waals surface area contributed by atoms with Crippen molar-refractivity contribution in [1.29, 1.82) is 0 Å². The maximum Gasteiger partial charge on any atom is 0.310 e. The van der Waals surface area contributed by atoms with Gasteiger partial charge in [0.1, 0.15) is 5.69 Å². The molecule has 0 atom stereocenters. The quantitative estimate of drug-likeness (QED) is 0.728. The summed E-state index contributed by atoms with van der Waals surface area (Å²) in [7, 11) is 1.18. The summed E-state index contributed by atoms with van der Waals surface area (Å²) >= 11 is 0. The fourth-order valence-electron chi connectivity index (χ4n) is 0.984. The number of hydrogen-bond donors (Lipinski definition) is 0. The molecule has 0 unspecified atom stereocenters. The van der Waals surface area contributed by atoms with E-state index in [9.17, 15) is 18.0 Å². The van der Waals surface area contributed by atoms with Crippen LogP contribution in [0.2, 0.25) is 0 Å². The minimum absolute atomic E-state index is 0.191. The normalized spacial score (nSPS) is 10.5. The second-order valence-corrected chi connectivity index (χ2v) is 2.76. The first-order chi connectivity index (χ1) is 7.04. The third-order valence-corrected chi connectivity index (χ3v) is 1.71. The molecular formula is C9H8F3NO2. The molecule has 82 valence electrons. The van der Waals surface area contributed by atoms with Gasteiger partial charge in [0.15, 0.2) is 5.82 Å². The highest BCUT2D eigenvalue weighted by atomic mass is 19.3. The predicted octanol–water partition coefficient (Wildman–Crippen LogP) is 1.87. The summed E-state index contributed by atoms with van der Waals surface area (Å²) in [5, 5.41) is 0. The monoisotopic (exact) mass is 219 g/mol. The lowest BCUT2D eigenvalue weighted by Crippen LogP contribution is -2.06. The summed E-state index contributed by atoms with van der Waals surface area (Å²) in [4.78, 5) is 14.0. The van der Waals surface area contributed by atoms with Crippen molar-refractivity contribution in [2.75, 3.05) is 7.11 Å². The van der Waals surface area contributed by atoms with Crippen molar-refractivity contribution in [2.45, 2.75) is 12.8 Å². The Hall–Kier alpha value is -1.59. The maximum absolute atomic E-state index is 13.0. The lowest BCUT2D eigenvalue weighted by molar-refractivity contribution is -0.139. The molecule has 1 aromatic heterocycles. The van der Waals surface area contributed by atoms with Crippen LogP contribution in [0, 0.1) is 5.82 Å². The van der Waals surface area contributed by atoms with Gasteiger partial charge in [-0.25, -0.2) is 13.2 Å². The highest BCUT2D eigenvalue weighted by Gasteiger charge is 2.16. The van der Waals surface area contributed by atoms with E-state index in [0.717, 1.165) is 12.3 Å². The van der Waals surface area contributed by atoms with Crippen LogP contribution in [0.1, 0.15) is 17.7 Å². The topological polar surface area (TPSA) is 39.2 Å². The Labute approximate surface area is 83.9 Å². The first kappa shape index (κ1) is 11.5. The molecule has 6 heteroatoms. The molecule has 0 aliphatic carbocycles. The van der Waals surface area contributed by atoms with Gasteiger partial charge in [-0.1, -0.05) is 0 Å². The van der Waals surface area contributed by atoms with Gasteiger partial charge in [-0.2, -0.15) is 0 Å². The zero-order valence-corrected chi connectivity index (χ0v) is 7.84. The van der Waals surface area contributed by atoms with Gasteiger partial charge in [-0.15, -0.1) is 0 Å². The smallest absolute Gasteiger partial charge is 0.310 e. The van der Waals surface area contributed by atoms with Crippen molar-refractivity contribution in [3.63, 3.8) is 0 Å². The van der Waals surface area contributed by atoms with Gasteiger partial charge >= 0.3 is 5.97 Å². The number of hydrogen-bond acceptors (Lipinski definition) is 3. The molecule has 0 saturated carbocycles. The van der Waals surface area contributed by atoms with Gasteiger partial charge < -0.3 is 4.74 Å². The number of halogens is 3. The SMILES string of the molecule is COC(=O)Cc1cnc(C(F)F)c(F)c1. The van der Waals surface area contributed by atoms with Crippen LogP contribution in [0.15, 0.2) is 12.3 Å². The summed E-state index contributed by atoms with van der Waals surface area (Å²) in [6.45, 7) is 0. The molecule has 15 heavy (non-hydrogen) atoms. The molecule has 0 aromatic carbocycles. The molecule has 0 N–H and O–H groups in total. The number of aromatic nitrogens is 1. The Balaban J connectivity index is 2.87. The van der Waals surface area contributed by atoms with Gasteiger partial charge in [-0.3, -0.25) is 9.78 Å². The van der Waals surface area contributed by atoms with E-state index in [0.29, 0.717) is 0 Å². The number of carbonyl (C=O) groups excluding carboxylic acids is 1. The minimum atomic E-state index is -2.96. The van der Waals surface area contributed by atoms with Crippen molar-refractivity contribution in [3.05, 3.63) is 29.3 Å². The van der Waals surface area contributed by atoms with Crippen LogP contribution in [0.5, 0.6) is 0 Å². The Morgan fingerprint density at radius 2 is 2.27 bits per heavy atom. The van der Waals surface area contributed by atoms with Gasteiger partial charge in [0.05, 0.1) is 13.5 Å². The second kappa shape index (κ2) is 4.77. The minimum Gasteiger partial charge on any atom is -0.469 e. The average Bonchev–Trinajstić information content (AvgIpc) is 2.17. The van der Waals surface area contributed by atoms with E-state index in [1.165, 1.54) is 7.11 Å². The highest BCUT2D eigenvalue weighted by molar-refractivity contribution is 5.72. The number of esters is 1. The number of rotatable bonds is 3. The van der Waals surface area contributed by atoms with Crippen LogP contribution in [-0.4, -0.2) is 18.1 Å². The van der Waals surface area contributed by atoms with Crippen molar-refractivity contribution in [2.24, 2.45) is 0 Å². The number of methoxy groups -OCH3 is 1. The number of pyridine rings is 1. The highest BCUT2D eigenvalue weighted by Crippen LogP contribution is 2.20. The molecule has 0 amide bonds. The number of nitrogens with zero attached hydrogens (tertiary/aromatic N) is 1. The van der Waals surface area contributed by atoms with Gasteiger partial charge in [0.25, 0.3) is 6.43 Å². The van der Waals surface area contributed by atoms with E-state index in [1.807, 2.05) is 0 Å². The molecule has 1 rings (SSSR count). The maximum atomic E-state index is 13.0. The molecule has 0 saturated heterocycles. The van der Waals surface area contributed by atoms with Gasteiger partial charge in [0, 0.05) is 6.20 Å². The average molecular weight is 219 g/mol. The van der Waals surface area contributed by atoms with Crippen LogP contribution in [-0.2, 0) is 16.0 Å². The Morgan fingerprint density at radius 3 is 2.73 bits per heavy atom. The summed E-state index contributed by atoms with van der Waals surface area (Å²) < 4.78 is 41.5. The lowest BCUT2D eigenvalue weighted by Gasteiger charge is -2.03. The van der Waals surface area contributed by atoms with Crippen LogP contribution in [0.4, 0.5) is 13.2 Å². The summed E-state index contributed by atoms with van der Waals surface area (Å²) in [6.07, 6.45) is -2.12. The first-order valence-corrected chi connectivity index (χ1v) is 4.04. The lowest BCUT2D eigenvalue weighted by atomic mass is 10.2. The van der Waals surface area contributed by atoms with E-state index >= 15 is 0 Å². The summed E-state index contributed by atoms with van der Waals surface area (Å²) in [5.74, 6) is -1.70. The molecular weight excluding hydrogens is 211 g/mol. The molecule has 0 radical (unpaired) electrons. The molecule has 0 aliphatic rings.